The summed E-state index contributed by atoms with van der Waals surface area (Å²) in [7, 11) is 0. The van der Waals surface area contributed by atoms with Gasteiger partial charge in [0.05, 0.1) is 6.26 Å². The number of furan rings is 1. The minimum absolute atomic E-state index is 0.471. The third-order valence-electron chi connectivity index (χ3n) is 2.21. The molecule has 0 radical (unpaired) electrons. The van der Waals surface area contributed by atoms with Gasteiger partial charge in [0.1, 0.15) is 5.76 Å². The average Bonchev–Trinajstić information content (AvgIpc) is 2.65. The van der Waals surface area contributed by atoms with Crippen LogP contribution in [0.4, 0.5) is 0 Å². The molecule has 0 saturated carbocycles. The van der Waals surface area contributed by atoms with E-state index in [0.717, 1.165) is 38.1 Å². The molecule has 0 amide bonds. The Morgan fingerprint density at radius 2 is 2.36 bits per heavy atom. The van der Waals surface area contributed by atoms with Gasteiger partial charge in [-0.15, -0.1) is 0 Å². The Morgan fingerprint density at radius 1 is 1.50 bits per heavy atom. The summed E-state index contributed by atoms with van der Waals surface area (Å²) in [5, 5.41) is 3.44. The van der Waals surface area contributed by atoms with Crippen molar-refractivity contribution in [3.63, 3.8) is 0 Å². The maximum absolute atomic E-state index is 5.41. The van der Waals surface area contributed by atoms with Gasteiger partial charge in [0, 0.05) is 12.5 Å². The topological polar surface area (TPSA) is 51.2 Å². The molecule has 3 nitrogen and oxygen atoms in total. The van der Waals surface area contributed by atoms with Gasteiger partial charge in [0.25, 0.3) is 0 Å². The van der Waals surface area contributed by atoms with Crippen molar-refractivity contribution in [3.05, 3.63) is 24.2 Å². The molecule has 1 unspecified atom stereocenters. The first-order valence-corrected chi connectivity index (χ1v) is 5.28. The molecule has 0 aliphatic rings. The zero-order chi connectivity index (χ0) is 10.2. The van der Waals surface area contributed by atoms with E-state index in [1.54, 1.807) is 6.26 Å². The molecule has 1 aromatic rings. The molecule has 0 aromatic carbocycles. The van der Waals surface area contributed by atoms with Crippen LogP contribution in [0.5, 0.6) is 0 Å². The van der Waals surface area contributed by atoms with Crippen LogP contribution in [0.25, 0.3) is 0 Å². The second kappa shape index (κ2) is 6.62. The Labute approximate surface area is 85.7 Å². The van der Waals surface area contributed by atoms with Crippen molar-refractivity contribution in [2.24, 2.45) is 5.73 Å². The van der Waals surface area contributed by atoms with Crippen LogP contribution in [0.3, 0.4) is 0 Å². The van der Waals surface area contributed by atoms with E-state index in [0.29, 0.717) is 6.04 Å². The fourth-order valence-corrected chi connectivity index (χ4v) is 1.42. The quantitative estimate of drug-likeness (QED) is 0.650. The maximum Gasteiger partial charge on any atom is 0.105 e. The number of hydrogen-bond acceptors (Lipinski definition) is 3. The fourth-order valence-electron chi connectivity index (χ4n) is 1.42. The first kappa shape index (κ1) is 11.3. The van der Waals surface area contributed by atoms with Crippen LogP contribution < -0.4 is 11.1 Å². The predicted octanol–water partition coefficient (Wildman–Crippen LogP) is 1.54. The lowest BCUT2D eigenvalue weighted by Crippen LogP contribution is -2.29. The van der Waals surface area contributed by atoms with Crippen LogP contribution in [-0.2, 0) is 6.42 Å². The van der Waals surface area contributed by atoms with Gasteiger partial charge in [-0.3, -0.25) is 0 Å². The Balaban J connectivity index is 2.07. The van der Waals surface area contributed by atoms with Crippen molar-refractivity contribution in [2.45, 2.75) is 32.2 Å². The zero-order valence-corrected chi connectivity index (χ0v) is 8.83. The number of nitrogens with two attached hydrogens (primary N) is 1. The van der Waals surface area contributed by atoms with Gasteiger partial charge >= 0.3 is 0 Å². The molecule has 80 valence electrons. The van der Waals surface area contributed by atoms with E-state index >= 15 is 0 Å². The van der Waals surface area contributed by atoms with Crippen molar-refractivity contribution < 1.29 is 4.42 Å². The van der Waals surface area contributed by atoms with Crippen molar-refractivity contribution in [3.8, 4) is 0 Å². The van der Waals surface area contributed by atoms with E-state index in [-0.39, 0.29) is 0 Å². The van der Waals surface area contributed by atoms with E-state index < -0.39 is 0 Å². The number of unbranched alkanes of at least 4 members (excludes halogenated alkanes) is 1. The average molecular weight is 196 g/mol. The SMILES string of the molecule is CC(Cc1ccco1)NCCCCN. The minimum atomic E-state index is 0.471. The second-order valence-corrected chi connectivity index (χ2v) is 3.63. The highest BCUT2D eigenvalue weighted by Gasteiger charge is 2.03. The van der Waals surface area contributed by atoms with Gasteiger partial charge in [0.2, 0.25) is 0 Å². The van der Waals surface area contributed by atoms with E-state index in [1.165, 1.54) is 0 Å². The number of nitrogens with one attached hydrogen (secondary N) is 1. The van der Waals surface area contributed by atoms with Gasteiger partial charge in [0.15, 0.2) is 0 Å². The summed E-state index contributed by atoms with van der Waals surface area (Å²) in [5.41, 5.74) is 5.41. The fraction of sp³-hybridized carbons (Fsp3) is 0.636. The molecule has 0 spiro atoms. The van der Waals surface area contributed by atoms with E-state index in [2.05, 4.69) is 12.2 Å². The third kappa shape index (κ3) is 4.44. The first-order valence-electron chi connectivity index (χ1n) is 5.28. The molecule has 0 aliphatic heterocycles. The zero-order valence-electron chi connectivity index (χ0n) is 8.83. The van der Waals surface area contributed by atoms with E-state index in [9.17, 15) is 0 Å². The molecule has 1 atom stereocenters. The van der Waals surface area contributed by atoms with Gasteiger partial charge in [-0.25, -0.2) is 0 Å². The summed E-state index contributed by atoms with van der Waals surface area (Å²) >= 11 is 0. The molecule has 14 heavy (non-hydrogen) atoms. The smallest absolute Gasteiger partial charge is 0.105 e. The summed E-state index contributed by atoms with van der Waals surface area (Å²) in [4.78, 5) is 0. The summed E-state index contributed by atoms with van der Waals surface area (Å²) < 4.78 is 5.27. The number of hydrogen-bond donors (Lipinski definition) is 2. The van der Waals surface area contributed by atoms with E-state index in [4.69, 9.17) is 10.2 Å². The first-order chi connectivity index (χ1) is 6.83. The second-order valence-electron chi connectivity index (χ2n) is 3.63. The van der Waals surface area contributed by atoms with Crippen molar-refractivity contribution >= 4 is 0 Å². The molecule has 3 heteroatoms. The normalized spacial score (nSPS) is 13.0. The Morgan fingerprint density at radius 3 is 3.00 bits per heavy atom. The van der Waals surface area contributed by atoms with Crippen LogP contribution in [0, 0.1) is 0 Å². The maximum atomic E-state index is 5.41. The molecule has 1 heterocycles. The van der Waals surface area contributed by atoms with Gasteiger partial charge in [-0.1, -0.05) is 0 Å². The Bertz CT molecular complexity index is 221. The molecule has 0 saturated heterocycles. The van der Waals surface area contributed by atoms with Gasteiger partial charge < -0.3 is 15.5 Å². The lowest BCUT2D eigenvalue weighted by molar-refractivity contribution is 0.453. The van der Waals surface area contributed by atoms with Gasteiger partial charge in [-0.05, 0) is 45.0 Å². The minimum Gasteiger partial charge on any atom is -0.469 e. The highest BCUT2D eigenvalue weighted by molar-refractivity contribution is 4.99. The summed E-state index contributed by atoms with van der Waals surface area (Å²) in [6.07, 6.45) is 4.92. The third-order valence-corrected chi connectivity index (χ3v) is 2.21. The van der Waals surface area contributed by atoms with Crippen LogP contribution in [0.1, 0.15) is 25.5 Å². The van der Waals surface area contributed by atoms with E-state index in [1.807, 2.05) is 12.1 Å². The van der Waals surface area contributed by atoms with Crippen molar-refractivity contribution in [1.82, 2.24) is 5.32 Å². The molecular weight excluding hydrogens is 176 g/mol. The molecule has 0 bridgehead atoms. The molecule has 0 aliphatic carbocycles. The van der Waals surface area contributed by atoms with Crippen molar-refractivity contribution in [2.75, 3.05) is 13.1 Å². The molecule has 1 rings (SSSR count). The Hall–Kier alpha value is -0.800. The van der Waals surface area contributed by atoms with Gasteiger partial charge in [-0.2, -0.15) is 0 Å². The van der Waals surface area contributed by atoms with Crippen LogP contribution >= 0.6 is 0 Å². The lowest BCUT2D eigenvalue weighted by Gasteiger charge is -2.11. The van der Waals surface area contributed by atoms with Crippen molar-refractivity contribution in [1.29, 1.82) is 0 Å². The van der Waals surface area contributed by atoms with Crippen LogP contribution in [0.2, 0.25) is 0 Å². The van der Waals surface area contributed by atoms with Crippen LogP contribution in [0.15, 0.2) is 22.8 Å². The highest BCUT2D eigenvalue weighted by Crippen LogP contribution is 2.03. The summed E-state index contributed by atoms with van der Waals surface area (Å²) in [6, 6.07) is 4.41. The molecule has 0 fully saturated rings. The monoisotopic (exact) mass is 196 g/mol. The lowest BCUT2D eigenvalue weighted by atomic mass is 10.2. The Kier molecular flexibility index (Phi) is 5.33. The highest BCUT2D eigenvalue weighted by atomic mass is 16.3. The summed E-state index contributed by atoms with van der Waals surface area (Å²) in [6.45, 7) is 4.00. The predicted molar refractivity (Wildman–Crippen MR) is 58.2 cm³/mol. The molecule has 1 aromatic heterocycles. The standard InChI is InChI=1S/C11H20N2O/c1-10(13-7-3-2-6-12)9-11-5-4-8-14-11/h4-5,8,10,13H,2-3,6-7,9,12H2,1H3. The largest absolute Gasteiger partial charge is 0.469 e. The molecular formula is C11H20N2O. The number of rotatable bonds is 7. The molecule has 3 N–H and O–H groups in total. The van der Waals surface area contributed by atoms with Crippen LogP contribution in [-0.4, -0.2) is 19.1 Å². The summed E-state index contributed by atoms with van der Waals surface area (Å²) in [5.74, 6) is 1.05.